The van der Waals surface area contributed by atoms with Crippen LogP contribution in [0.25, 0.3) is 10.9 Å². The average Bonchev–Trinajstić information content (AvgIpc) is 2.81. The number of carbonyl (C=O) groups is 1. The molecule has 0 spiro atoms. The van der Waals surface area contributed by atoms with Gasteiger partial charge in [0.2, 0.25) is 0 Å². The lowest BCUT2D eigenvalue weighted by atomic mass is 10.1. The van der Waals surface area contributed by atoms with E-state index in [1.165, 1.54) is 6.07 Å². The number of carbonyl (C=O) groups excluding carboxylic acids is 1. The third-order valence-electron chi connectivity index (χ3n) is 3.68. The van der Waals surface area contributed by atoms with E-state index in [0.29, 0.717) is 17.8 Å². The number of nitrogens with zero attached hydrogens (tertiary/aromatic N) is 2. The van der Waals surface area contributed by atoms with Crippen LogP contribution in [0.2, 0.25) is 0 Å². The fraction of sp³-hybridized carbons (Fsp3) is 0.176. The van der Waals surface area contributed by atoms with E-state index in [-0.39, 0.29) is 5.82 Å². The zero-order valence-electron chi connectivity index (χ0n) is 11.9. The van der Waals surface area contributed by atoms with Crippen LogP contribution in [0, 0.1) is 19.7 Å². The summed E-state index contributed by atoms with van der Waals surface area (Å²) in [4.78, 5) is 15.6. The van der Waals surface area contributed by atoms with Crippen LogP contribution in [0.3, 0.4) is 0 Å². The second kappa shape index (κ2) is 5.13. The molecule has 1 aromatic carbocycles. The van der Waals surface area contributed by atoms with Crippen LogP contribution in [0.4, 0.5) is 4.39 Å². The molecule has 106 valence electrons. The molecule has 3 rings (SSSR count). The van der Waals surface area contributed by atoms with Crippen molar-refractivity contribution in [3.05, 3.63) is 64.9 Å². The molecule has 0 N–H and O–H groups in total. The third-order valence-corrected chi connectivity index (χ3v) is 3.68. The maximum absolute atomic E-state index is 14.1. The smallest absolute Gasteiger partial charge is 0.166 e. The Morgan fingerprint density at radius 3 is 2.76 bits per heavy atom. The van der Waals surface area contributed by atoms with Gasteiger partial charge in [0.15, 0.2) is 6.29 Å². The molecule has 0 saturated heterocycles. The summed E-state index contributed by atoms with van der Waals surface area (Å²) in [6, 6.07) is 8.81. The lowest BCUT2D eigenvalue weighted by molar-refractivity contribution is 0.111. The summed E-state index contributed by atoms with van der Waals surface area (Å²) < 4.78 is 15.9. The normalized spacial score (nSPS) is 11.0. The standard InChI is InChI=1S/C17H15FN2O/c1-11-3-4-14(16(18)7-11)9-20-15(10-21)8-13-5-6-19-12(2)17(13)20/h3-8,10H,9H2,1-2H3. The SMILES string of the molecule is Cc1ccc(Cn2c(C=O)cc3ccnc(C)c32)c(F)c1. The van der Waals surface area contributed by atoms with Crippen molar-refractivity contribution >= 4 is 17.2 Å². The van der Waals surface area contributed by atoms with E-state index in [9.17, 15) is 9.18 Å². The van der Waals surface area contributed by atoms with Crippen LogP contribution in [-0.4, -0.2) is 15.8 Å². The number of aryl methyl sites for hydroxylation is 2. The molecule has 0 radical (unpaired) electrons. The Bertz CT molecular complexity index is 836. The summed E-state index contributed by atoms with van der Waals surface area (Å²) in [6.07, 6.45) is 2.51. The molecule has 4 heteroatoms. The van der Waals surface area contributed by atoms with E-state index in [2.05, 4.69) is 4.98 Å². The minimum Gasteiger partial charge on any atom is -0.332 e. The van der Waals surface area contributed by atoms with Gasteiger partial charge in [-0.05, 0) is 37.6 Å². The summed E-state index contributed by atoms with van der Waals surface area (Å²) in [6.45, 7) is 4.05. The summed E-state index contributed by atoms with van der Waals surface area (Å²) >= 11 is 0. The van der Waals surface area contributed by atoms with Crippen LogP contribution < -0.4 is 0 Å². The molecule has 0 saturated carbocycles. The van der Waals surface area contributed by atoms with E-state index in [1.54, 1.807) is 12.3 Å². The van der Waals surface area contributed by atoms with Crippen LogP contribution >= 0.6 is 0 Å². The highest BCUT2D eigenvalue weighted by molar-refractivity contribution is 5.90. The minimum absolute atomic E-state index is 0.254. The van der Waals surface area contributed by atoms with Gasteiger partial charge >= 0.3 is 0 Å². The van der Waals surface area contributed by atoms with Crippen molar-refractivity contribution in [1.29, 1.82) is 0 Å². The molecule has 3 aromatic rings. The molecule has 0 aliphatic carbocycles. The summed E-state index contributed by atoms with van der Waals surface area (Å²) in [5.41, 5.74) is 3.67. The third kappa shape index (κ3) is 2.33. The monoisotopic (exact) mass is 282 g/mol. The zero-order chi connectivity index (χ0) is 15.0. The van der Waals surface area contributed by atoms with Crippen molar-refractivity contribution < 1.29 is 9.18 Å². The molecule has 0 unspecified atom stereocenters. The Kier molecular flexibility index (Phi) is 3.29. The number of halogens is 1. The van der Waals surface area contributed by atoms with Gasteiger partial charge < -0.3 is 4.57 Å². The van der Waals surface area contributed by atoms with Gasteiger partial charge in [0, 0.05) is 17.1 Å². The van der Waals surface area contributed by atoms with Gasteiger partial charge in [0.1, 0.15) is 5.82 Å². The predicted molar refractivity (Wildman–Crippen MR) is 80.1 cm³/mol. The van der Waals surface area contributed by atoms with Gasteiger partial charge in [-0.15, -0.1) is 0 Å². The Balaban J connectivity index is 2.17. The quantitative estimate of drug-likeness (QED) is 0.687. The van der Waals surface area contributed by atoms with Crippen molar-refractivity contribution in [2.45, 2.75) is 20.4 Å². The molecule has 2 aromatic heterocycles. The zero-order valence-corrected chi connectivity index (χ0v) is 11.9. The first-order chi connectivity index (χ1) is 10.1. The largest absolute Gasteiger partial charge is 0.332 e. The Morgan fingerprint density at radius 1 is 1.24 bits per heavy atom. The Hall–Kier alpha value is -2.49. The highest BCUT2D eigenvalue weighted by Gasteiger charge is 2.13. The average molecular weight is 282 g/mol. The topological polar surface area (TPSA) is 34.9 Å². The highest BCUT2D eigenvalue weighted by atomic mass is 19.1. The number of benzene rings is 1. The van der Waals surface area contributed by atoms with Gasteiger partial charge in [0.05, 0.1) is 23.4 Å². The molecule has 21 heavy (non-hydrogen) atoms. The summed E-state index contributed by atoms with van der Waals surface area (Å²) in [7, 11) is 0. The minimum atomic E-state index is -0.254. The fourth-order valence-electron chi connectivity index (χ4n) is 2.63. The van der Waals surface area contributed by atoms with Crippen molar-refractivity contribution in [2.24, 2.45) is 0 Å². The number of hydrogen-bond acceptors (Lipinski definition) is 2. The van der Waals surface area contributed by atoms with E-state index in [1.807, 2.05) is 36.6 Å². The Labute approximate surface area is 122 Å². The maximum atomic E-state index is 14.1. The van der Waals surface area contributed by atoms with Gasteiger partial charge in [-0.2, -0.15) is 0 Å². The van der Waals surface area contributed by atoms with Crippen molar-refractivity contribution in [2.75, 3.05) is 0 Å². The highest BCUT2D eigenvalue weighted by Crippen LogP contribution is 2.23. The number of rotatable bonds is 3. The van der Waals surface area contributed by atoms with Crippen molar-refractivity contribution in [3.63, 3.8) is 0 Å². The van der Waals surface area contributed by atoms with Gasteiger partial charge in [-0.1, -0.05) is 12.1 Å². The predicted octanol–water partition coefficient (Wildman–Crippen LogP) is 3.65. The van der Waals surface area contributed by atoms with Gasteiger partial charge in [-0.3, -0.25) is 9.78 Å². The summed E-state index contributed by atoms with van der Waals surface area (Å²) in [5, 5.41) is 0.942. The second-order valence-corrected chi connectivity index (χ2v) is 5.20. The fourth-order valence-corrected chi connectivity index (χ4v) is 2.63. The molecule has 0 aliphatic heterocycles. The van der Waals surface area contributed by atoms with Gasteiger partial charge in [0.25, 0.3) is 0 Å². The van der Waals surface area contributed by atoms with E-state index in [0.717, 1.165) is 28.4 Å². The van der Waals surface area contributed by atoms with Crippen LogP contribution in [0.15, 0.2) is 36.5 Å². The molecular formula is C17H15FN2O. The molecule has 0 atom stereocenters. The van der Waals surface area contributed by atoms with Gasteiger partial charge in [-0.25, -0.2) is 4.39 Å². The number of aromatic nitrogens is 2. The molecule has 3 nitrogen and oxygen atoms in total. The van der Waals surface area contributed by atoms with Crippen molar-refractivity contribution in [1.82, 2.24) is 9.55 Å². The molecule has 2 heterocycles. The van der Waals surface area contributed by atoms with Crippen LogP contribution in [0.1, 0.15) is 27.3 Å². The maximum Gasteiger partial charge on any atom is 0.166 e. The molecule has 0 amide bonds. The first-order valence-electron chi connectivity index (χ1n) is 6.75. The molecule has 0 fully saturated rings. The first-order valence-corrected chi connectivity index (χ1v) is 6.75. The van der Waals surface area contributed by atoms with Crippen molar-refractivity contribution in [3.8, 4) is 0 Å². The molecular weight excluding hydrogens is 267 g/mol. The lowest BCUT2D eigenvalue weighted by Gasteiger charge is -2.10. The second-order valence-electron chi connectivity index (χ2n) is 5.20. The van der Waals surface area contributed by atoms with E-state index < -0.39 is 0 Å². The molecule has 0 bridgehead atoms. The lowest BCUT2D eigenvalue weighted by Crippen LogP contribution is -2.06. The number of fused-ring (bicyclic) bond motifs is 1. The Morgan fingerprint density at radius 2 is 2.05 bits per heavy atom. The van der Waals surface area contributed by atoms with Crippen LogP contribution in [0.5, 0.6) is 0 Å². The van der Waals surface area contributed by atoms with E-state index >= 15 is 0 Å². The number of hydrogen-bond donors (Lipinski definition) is 0. The summed E-state index contributed by atoms with van der Waals surface area (Å²) in [5.74, 6) is -0.254. The van der Waals surface area contributed by atoms with E-state index in [4.69, 9.17) is 0 Å². The number of aldehydes is 1. The molecule has 0 aliphatic rings. The first kappa shape index (κ1) is 13.5. The number of pyridine rings is 1. The van der Waals surface area contributed by atoms with Crippen LogP contribution in [-0.2, 0) is 6.54 Å².